The second-order valence-corrected chi connectivity index (χ2v) is 9.72. The minimum Gasteiger partial charge on any atom is -0.341 e. The molecule has 0 aliphatic carbocycles. The van der Waals surface area contributed by atoms with Crippen molar-refractivity contribution in [1.29, 1.82) is 0 Å². The highest BCUT2D eigenvalue weighted by Gasteiger charge is 2.34. The molecule has 0 saturated carbocycles. The monoisotopic (exact) mass is 474 g/mol. The van der Waals surface area contributed by atoms with Gasteiger partial charge in [-0.3, -0.25) is 4.79 Å². The number of carbonyl (C=O) groups is 1. The van der Waals surface area contributed by atoms with Crippen molar-refractivity contribution in [3.05, 3.63) is 50.1 Å². The van der Waals surface area contributed by atoms with Gasteiger partial charge in [0.1, 0.15) is 0 Å². The van der Waals surface area contributed by atoms with Gasteiger partial charge in [-0.2, -0.15) is 13.2 Å². The molecule has 0 atom stereocenters. The van der Waals surface area contributed by atoms with Gasteiger partial charge in [-0.15, -0.1) is 11.3 Å². The molecule has 1 aromatic heterocycles. The molecule has 2 rings (SSSR count). The number of nitrogens with one attached hydrogen (secondary N) is 1. The Morgan fingerprint density at radius 3 is 2.46 bits per heavy atom. The van der Waals surface area contributed by atoms with Gasteiger partial charge in [-0.25, -0.2) is 13.1 Å². The van der Waals surface area contributed by atoms with Crippen molar-refractivity contribution in [2.24, 2.45) is 0 Å². The third-order valence-electron chi connectivity index (χ3n) is 3.63. The summed E-state index contributed by atoms with van der Waals surface area (Å²) >= 11 is 12.6. The van der Waals surface area contributed by atoms with Gasteiger partial charge in [0, 0.05) is 24.9 Å². The van der Waals surface area contributed by atoms with Crippen LogP contribution in [-0.2, 0) is 27.5 Å². The molecule has 1 amide bonds. The first-order chi connectivity index (χ1) is 12.9. The molecule has 0 aliphatic heterocycles. The van der Waals surface area contributed by atoms with E-state index in [0.717, 1.165) is 17.0 Å². The van der Waals surface area contributed by atoms with Gasteiger partial charge in [0.15, 0.2) is 0 Å². The van der Waals surface area contributed by atoms with Crippen molar-refractivity contribution < 1.29 is 26.4 Å². The number of amides is 1. The largest absolute Gasteiger partial charge is 0.417 e. The lowest BCUT2D eigenvalue weighted by Gasteiger charge is -2.16. The summed E-state index contributed by atoms with van der Waals surface area (Å²) in [6.07, 6.45) is -4.94. The Hall–Kier alpha value is -1.33. The Balaban J connectivity index is 1.97. The van der Waals surface area contributed by atoms with E-state index < -0.39 is 31.7 Å². The summed E-state index contributed by atoms with van der Waals surface area (Å²) in [4.78, 5) is 13.8. The minimum atomic E-state index is -4.79. The number of sulfonamides is 1. The highest BCUT2D eigenvalue weighted by Crippen LogP contribution is 2.35. The highest BCUT2D eigenvalue weighted by atomic mass is 35.5. The fourth-order valence-electron chi connectivity index (χ4n) is 2.21. The summed E-state index contributed by atoms with van der Waals surface area (Å²) in [5.74, 6) is -0.334. The molecule has 0 spiro atoms. The first-order valence-electron chi connectivity index (χ1n) is 7.75. The molecule has 0 unspecified atom stereocenters. The number of rotatable bonds is 7. The van der Waals surface area contributed by atoms with Gasteiger partial charge < -0.3 is 4.90 Å². The molecule has 1 aromatic carbocycles. The number of benzene rings is 1. The fraction of sp³-hybridized carbons (Fsp3) is 0.312. The Bertz CT molecular complexity index is 962. The van der Waals surface area contributed by atoms with Gasteiger partial charge >= 0.3 is 6.18 Å². The number of thiophene rings is 1. The van der Waals surface area contributed by atoms with Crippen molar-refractivity contribution >= 4 is 50.5 Å². The van der Waals surface area contributed by atoms with E-state index in [1.165, 1.54) is 16.2 Å². The lowest BCUT2D eigenvalue weighted by molar-refractivity contribution is -0.137. The summed E-state index contributed by atoms with van der Waals surface area (Å²) < 4.78 is 65.8. The number of hydrogen-bond acceptors (Lipinski definition) is 4. The Labute approximate surface area is 174 Å². The van der Waals surface area contributed by atoms with E-state index in [-0.39, 0.29) is 18.9 Å². The van der Waals surface area contributed by atoms with Crippen molar-refractivity contribution in [2.45, 2.75) is 24.0 Å². The van der Waals surface area contributed by atoms with Crippen molar-refractivity contribution in [3.63, 3.8) is 0 Å². The highest BCUT2D eigenvalue weighted by molar-refractivity contribution is 7.89. The van der Waals surface area contributed by atoms with Crippen LogP contribution in [0.25, 0.3) is 0 Å². The smallest absolute Gasteiger partial charge is 0.341 e. The zero-order valence-corrected chi connectivity index (χ0v) is 17.5. The molecule has 0 fully saturated rings. The molecule has 28 heavy (non-hydrogen) atoms. The molecule has 0 radical (unpaired) electrons. The van der Waals surface area contributed by atoms with Crippen molar-refractivity contribution in [1.82, 2.24) is 9.62 Å². The molecular weight excluding hydrogens is 460 g/mol. The van der Waals surface area contributed by atoms with Gasteiger partial charge in [0.25, 0.3) is 0 Å². The Morgan fingerprint density at radius 2 is 1.89 bits per heavy atom. The van der Waals surface area contributed by atoms with Crippen molar-refractivity contribution in [3.8, 4) is 0 Å². The third-order valence-corrected chi connectivity index (χ3v) is 6.64. The van der Waals surface area contributed by atoms with E-state index >= 15 is 0 Å². The first kappa shape index (κ1) is 23.0. The number of nitrogens with zero attached hydrogens (tertiary/aromatic N) is 1. The average molecular weight is 475 g/mol. The van der Waals surface area contributed by atoms with Crippen LogP contribution in [0, 0.1) is 0 Å². The maximum Gasteiger partial charge on any atom is 0.417 e. The topological polar surface area (TPSA) is 66.5 Å². The lowest BCUT2D eigenvalue weighted by Crippen LogP contribution is -2.31. The van der Waals surface area contributed by atoms with Crippen LogP contribution in [0.4, 0.5) is 13.2 Å². The molecule has 2 aromatic rings. The summed E-state index contributed by atoms with van der Waals surface area (Å²) in [5.41, 5.74) is -1.25. The van der Waals surface area contributed by atoms with E-state index in [9.17, 15) is 26.4 Å². The van der Waals surface area contributed by atoms with E-state index in [2.05, 4.69) is 4.72 Å². The van der Waals surface area contributed by atoms with Crippen LogP contribution in [0.15, 0.2) is 35.2 Å². The van der Waals surface area contributed by atoms with Crippen LogP contribution < -0.4 is 4.72 Å². The molecular formula is C16H15Cl2F3N2O3S2. The molecule has 0 aliphatic rings. The quantitative estimate of drug-likeness (QED) is 0.646. The molecule has 12 heteroatoms. The van der Waals surface area contributed by atoms with Crippen LogP contribution in [0.1, 0.15) is 16.9 Å². The number of alkyl halides is 3. The number of halogens is 5. The Morgan fingerprint density at radius 1 is 1.21 bits per heavy atom. The summed E-state index contributed by atoms with van der Waals surface area (Å²) in [6.45, 7) is 0.0514. The van der Waals surface area contributed by atoms with Crippen LogP contribution in [0.2, 0.25) is 9.36 Å². The van der Waals surface area contributed by atoms with Gasteiger partial charge in [0.05, 0.1) is 26.4 Å². The van der Waals surface area contributed by atoms with E-state index in [1.54, 1.807) is 19.2 Å². The molecule has 1 N–H and O–H groups in total. The second-order valence-electron chi connectivity index (χ2n) is 5.74. The third kappa shape index (κ3) is 6.08. The molecule has 0 saturated heterocycles. The molecule has 5 nitrogen and oxygen atoms in total. The normalized spacial score (nSPS) is 12.2. The predicted molar refractivity (Wildman–Crippen MR) is 102 cm³/mol. The van der Waals surface area contributed by atoms with Crippen LogP contribution in [0.3, 0.4) is 0 Å². The van der Waals surface area contributed by atoms with Crippen LogP contribution in [0.5, 0.6) is 0 Å². The average Bonchev–Trinajstić information content (AvgIpc) is 2.98. The van der Waals surface area contributed by atoms with E-state index in [0.29, 0.717) is 16.9 Å². The standard InChI is InChI=1S/C16H15Cl2F3N2O3S2/c1-23(9-10-2-5-14(18)27-10)15(24)6-7-22-28(25,26)11-3-4-13(17)12(8-11)16(19,20)21/h2-5,8,22H,6-7,9H2,1H3. The predicted octanol–water partition coefficient (Wildman–Crippen LogP) is 4.40. The zero-order chi connectivity index (χ0) is 21.1. The Kier molecular flexibility index (Phi) is 7.38. The van der Waals surface area contributed by atoms with Crippen LogP contribution >= 0.6 is 34.5 Å². The SMILES string of the molecule is CN(Cc1ccc(Cl)s1)C(=O)CCNS(=O)(=O)c1ccc(Cl)c(C(F)(F)F)c1. The van der Waals surface area contributed by atoms with Crippen molar-refractivity contribution in [2.75, 3.05) is 13.6 Å². The number of hydrogen-bond donors (Lipinski definition) is 1. The van der Waals surface area contributed by atoms with Crippen LogP contribution in [-0.4, -0.2) is 32.8 Å². The summed E-state index contributed by atoms with van der Waals surface area (Å²) in [6, 6.07) is 5.77. The second kappa shape index (κ2) is 9.00. The van der Waals surface area contributed by atoms with E-state index in [4.69, 9.17) is 23.2 Å². The van der Waals surface area contributed by atoms with Gasteiger partial charge in [-0.05, 0) is 30.3 Å². The molecule has 0 bridgehead atoms. The fourth-order valence-corrected chi connectivity index (χ4v) is 4.64. The maximum atomic E-state index is 12.9. The molecule has 154 valence electrons. The zero-order valence-electron chi connectivity index (χ0n) is 14.4. The minimum absolute atomic E-state index is 0.158. The van der Waals surface area contributed by atoms with Gasteiger partial charge in [0.2, 0.25) is 15.9 Å². The molecule has 1 heterocycles. The van der Waals surface area contributed by atoms with Gasteiger partial charge in [-0.1, -0.05) is 23.2 Å². The number of carbonyl (C=O) groups excluding carboxylic acids is 1. The summed E-state index contributed by atoms with van der Waals surface area (Å²) in [7, 11) is -2.68. The first-order valence-corrected chi connectivity index (χ1v) is 10.8. The maximum absolute atomic E-state index is 12.9. The summed E-state index contributed by atoms with van der Waals surface area (Å²) in [5, 5.41) is -0.600. The lowest BCUT2D eigenvalue weighted by atomic mass is 10.2. The van der Waals surface area contributed by atoms with E-state index in [1.807, 2.05) is 0 Å².